The molecule has 0 fully saturated rings. The second-order valence-electron chi connectivity index (χ2n) is 4.71. The Hall–Kier alpha value is -2.75. The molecule has 0 radical (unpaired) electrons. The summed E-state index contributed by atoms with van der Waals surface area (Å²) in [4.78, 5) is 11.8. The van der Waals surface area contributed by atoms with Gasteiger partial charge >= 0.3 is 12.3 Å². The lowest BCUT2D eigenvalue weighted by Crippen LogP contribution is -2.18. The largest absolute Gasteiger partial charge is 0.573 e. The zero-order chi connectivity index (χ0) is 22.9. The number of hydrogen-bond acceptors (Lipinski definition) is 5. The molecular weight excluding hydrogens is 403 g/mol. The van der Waals surface area contributed by atoms with Gasteiger partial charge in [-0.25, -0.2) is 9.18 Å². The van der Waals surface area contributed by atoms with Gasteiger partial charge in [0, 0.05) is 11.1 Å². The Kier molecular flexibility index (Phi) is 4.79. The highest BCUT2D eigenvalue weighted by Gasteiger charge is 2.34. The molecule has 0 aliphatic rings. The molecule has 11 heteroatoms. The van der Waals surface area contributed by atoms with Gasteiger partial charge in [0.25, 0.3) is 0 Å². The molecule has 2 aromatic rings. The molecule has 0 atom stereocenters. The fourth-order valence-electron chi connectivity index (χ4n) is 1.95. The first-order valence-corrected chi connectivity index (χ1v) is 7.12. The molecule has 5 nitrogen and oxygen atoms in total. The second-order valence-corrected chi connectivity index (χ2v) is 5.15. The number of halogens is 6. The summed E-state index contributed by atoms with van der Waals surface area (Å²) in [5.74, 6) is -8.48. The minimum absolute atomic E-state index is 0.272. The van der Waals surface area contributed by atoms with E-state index in [1.807, 2.05) is 0 Å². The summed E-state index contributed by atoms with van der Waals surface area (Å²) in [5.41, 5.74) is -0.794. The summed E-state index contributed by atoms with van der Waals surface area (Å²) in [6, 6.07) is 2.77. The first-order chi connectivity index (χ1) is 13.7. The Bertz CT molecular complexity index is 966. The van der Waals surface area contributed by atoms with Crippen molar-refractivity contribution in [2.75, 3.05) is 14.1 Å². The van der Waals surface area contributed by atoms with Crippen LogP contribution >= 0.6 is 11.6 Å². The molecule has 0 amide bonds. The van der Waals surface area contributed by atoms with Crippen molar-refractivity contribution >= 4 is 17.6 Å². The zero-order valence-corrected chi connectivity index (χ0v) is 13.9. The van der Waals surface area contributed by atoms with Gasteiger partial charge in [-0.1, -0.05) is 11.6 Å². The average Bonchev–Trinajstić information content (AvgIpc) is 2.57. The summed E-state index contributed by atoms with van der Waals surface area (Å²) in [7, 11) is -2.40. The maximum Gasteiger partial charge on any atom is 0.573 e. The topological polar surface area (TPSA) is 54.0 Å². The first-order valence-electron chi connectivity index (χ1n) is 8.24. The van der Waals surface area contributed by atoms with E-state index in [2.05, 4.69) is 14.2 Å². The molecular formula is C16H10ClF5O5. The lowest BCUT2D eigenvalue weighted by Gasteiger charge is -2.16. The van der Waals surface area contributed by atoms with Crippen LogP contribution in [0.15, 0.2) is 24.3 Å². The third-order valence-corrected chi connectivity index (χ3v) is 3.20. The number of benzene rings is 2. The van der Waals surface area contributed by atoms with E-state index in [9.17, 15) is 26.7 Å². The van der Waals surface area contributed by atoms with Crippen LogP contribution in [-0.2, 0) is 4.74 Å². The Morgan fingerprint density at radius 1 is 1.15 bits per heavy atom. The maximum absolute atomic E-state index is 14.5. The third kappa shape index (κ3) is 4.70. The molecule has 0 aromatic heterocycles. The Morgan fingerprint density at radius 2 is 1.81 bits per heavy atom. The normalized spacial score (nSPS) is 13.2. The van der Waals surface area contributed by atoms with Crippen molar-refractivity contribution in [1.29, 1.82) is 0 Å². The quantitative estimate of drug-likeness (QED) is 0.502. The monoisotopic (exact) mass is 415 g/mol. The van der Waals surface area contributed by atoms with Crippen molar-refractivity contribution in [3.63, 3.8) is 0 Å². The minimum atomic E-state index is -5.30. The van der Waals surface area contributed by atoms with E-state index >= 15 is 0 Å². The fraction of sp³-hybridized carbons (Fsp3) is 0.188. The van der Waals surface area contributed by atoms with Crippen LogP contribution in [0, 0.1) is 11.6 Å². The summed E-state index contributed by atoms with van der Waals surface area (Å²) in [6.45, 7) is 0. The van der Waals surface area contributed by atoms with E-state index < -0.39 is 59.6 Å². The summed E-state index contributed by atoms with van der Waals surface area (Å²) >= 11 is 5.70. The van der Waals surface area contributed by atoms with E-state index in [1.165, 1.54) is 0 Å². The lowest BCUT2D eigenvalue weighted by atomic mass is 10.2. The van der Waals surface area contributed by atoms with Crippen LogP contribution in [0.5, 0.6) is 23.0 Å². The van der Waals surface area contributed by atoms with E-state index in [-0.39, 0.29) is 5.02 Å². The second kappa shape index (κ2) is 7.87. The van der Waals surface area contributed by atoms with Gasteiger partial charge in [-0.15, -0.1) is 13.2 Å². The number of carbonyl (C=O) groups is 1. The number of ether oxygens (including phenoxy) is 4. The molecule has 146 valence electrons. The molecule has 0 saturated heterocycles. The molecule has 0 N–H and O–H groups in total. The van der Waals surface area contributed by atoms with E-state index in [0.29, 0.717) is 12.1 Å². The highest BCUT2D eigenvalue weighted by Crippen LogP contribution is 2.41. The van der Waals surface area contributed by atoms with Crippen LogP contribution in [0.2, 0.25) is 5.02 Å². The van der Waals surface area contributed by atoms with Gasteiger partial charge < -0.3 is 18.9 Å². The number of methoxy groups -OCH3 is 2. The predicted molar refractivity (Wildman–Crippen MR) is 82.5 cm³/mol. The highest BCUT2D eigenvalue weighted by atomic mass is 35.5. The molecule has 0 aliphatic carbocycles. The van der Waals surface area contributed by atoms with Crippen molar-refractivity contribution < 1.29 is 49.8 Å². The smallest absolute Gasteiger partial charge is 0.490 e. The highest BCUT2D eigenvalue weighted by molar-refractivity contribution is 6.30. The Balaban J connectivity index is 2.62. The maximum atomic E-state index is 14.5. The van der Waals surface area contributed by atoms with Gasteiger partial charge in [0.15, 0.2) is 11.5 Å². The van der Waals surface area contributed by atoms with Crippen LogP contribution in [0.1, 0.15) is 14.5 Å². The van der Waals surface area contributed by atoms with Crippen molar-refractivity contribution in [3.05, 3.63) is 46.5 Å². The van der Waals surface area contributed by atoms with Crippen LogP contribution in [0.4, 0.5) is 22.0 Å². The van der Waals surface area contributed by atoms with E-state index in [4.69, 9.17) is 20.5 Å². The number of carbonyl (C=O) groups excluding carboxylic acids is 1. The summed E-state index contributed by atoms with van der Waals surface area (Å²) in [5, 5.41) is -0.272. The summed E-state index contributed by atoms with van der Waals surface area (Å²) in [6.07, 6.45) is -5.30. The number of rotatable bonds is 5. The SMILES string of the molecule is [2H]C([2H])([2H])Oc1c(Oc2cc(Cl)cc(F)c2C(=O)OC)ccc(OC(F)(F)F)c1F. The molecule has 0 heterocycles. The van der Waals surface area contributed by atoms with Crippen LogP contribution in [0.25, 0.3) is 0 Å². The van der Waals surface area contributed by atoms with Gasteiger partial charge in [-0.3, -0.25) is 0 Å². The third-order valence-electron chi connectivity index (χ3n) is 2.98. The fourth-order valence-corrected chi connectivity index (χ4v) is 2.14. The van der Waals surface area contributed by atoms with Gasteiger partial charge in [0.2, 0.25) is 11.6 Å². The number of esters is 1. The van der Waals surface area contributed by atoms with E-state index in [0.717, 1.165) is 19.2 Å². The van der Waals surface area contributed by atoms with E-state index in [1.54, 1.807) is 0 Å². The molecule has 0 saturated carbocycles. The van der Waals surface area contributed by atoms with Crippen LogP contribution < -0.4 is 14.2 Å². The molecule has 27 heavy (non-hydrogen) atoms. The first kappa shape index (κ1) is 16.4. The van der Waals surface area contributed by atoms with Crippen molar-refractivity contribution in [3.8, 4) is 23.0 Å². The van der Waals surface area contributed by atoms with Crippen LogP contribution in [-0.4, -0.2) is 26.5 Å². The van der Waals surface area contributed by atoms with Crippen molar-refractivity contribution in [2.45, 2.75) is 6.36 Å². The number of alkyl halides is 3. The number of hydrogen-bond donors (Lipinski definition) is 0. The van der Waals surface area contributed by atoms with Gasteiger partial charge in [0.05, 0.1) is 18.3 Å². The predicted octanol–water partition coefficient (Wildman–Crippen LogP) is 5.10. The molecule has 0 bridgehead atoms. The minimum Gasteiger partial charge on any atom is -0.490 e. The van der Waals surface area contributed by atoms with Gasteiger partial charge in [0.1, 0.15) is 17.1 Å². The molecule has 0 spiro atoms. The average molecular weight is 416 g/mol. The van der Waals surface area contributed by atoms with Crippen molar-refractivity contribution in [1.82, 2.24) is 0 Å². The lowest BCUT2D eigenvalue weighted by molar-refractivity contribution is -0.275. The zero-order valence-electron chi connectivity index (χ0n) is 16.1. The molecule has 0 aliphatic heterocycles. The molecule has 2 rings (SSSR count). The Morgan fingerprint density at radius 3 is 2.41 bits per heavy atom. The van der Waals surface area contributed by atoms with Gasteiger partial charge in [-0.05, 0) is 18.2 Å². The molecule has 0 unspecified atom stereocenters. The standard InChI is InChI=1S/C16H10ClF5O5/c1-24-14-10(4-3-9(13(14)19)27-16(20,21)22)26-11-6-7(17)5-8(18)12(11)15(23)25-2/h3-6H,1-2H3/i1D3. The van der Waals surface area contributed by atoms with Gasteiger partial charge in [-0.2, -0.15) is 4.39 Å². The Labute approximate surface area is 158 Å². The van der Waals surface area contributed by atoms with Crippen molar-refractivity contribution in [2.24, 2.45) is 0 Å². The summed E-state index contributed by atoms with van der Waals surface area (Å²) < 4.78 is 105. The van der Waals surface area contributed by atoms with Crippen LogP contribution in [0.3, 0.4) is 0 Å². The molecule has 2 aromatic carbocycles.